The van der Waals surface area contributed by atoms with Crippen LogP contribution in [0.5, 0.6) is 17.2 Å². The second kappa shape index (κ2) is 2.76. The van der Waals surface area contributed by atoms with E-state index in [1.807, 2.05) is 0 Å². The molecule has 0 aromatic heterocycles. The zero-order chi connectivity index (χ0) is 10.3. The highest BCUT2D eigenvalue weighted by molar-refractivity contribution is 5.92. The van der Waals surface area contributed by atoms with Crippen LogP contribution in [0.3, 0.4) is 0 Å². The Hall–Kier alpha value is -1.98. The predicted molar refractivity (Wildman–Crippen MR) is 41.1 cm³/mol. The zero-order valence-electron chi connectivity index (χ0n) is 6.78. The monoisotopic (exact) mass is 200 g/mol. The minimum atomic E-state index is -1.43. The summed E-state index contributed by atoms with van der Waals surface area (Å²) in [6.45, 7) is -0.186. The van der Waals surface area contributed by atoms with E-state index in [4.69, 9.17) is 19.7 Å². The summed E-state index contributed by atoms with van der Waals surface area (Å²) in [5, 5.41) is 17.7. The normalized spacial score (nSPS) is 12.9. The largest absolute Gasteiger partial charge is 0.504 e. The van der Waals surface area contributed by atoms with Crippen LogP contribution in [0.1, 0.15) is 10.4 Å². The van der Waals surface area contributed by atoms with E-state index in [-0.39, 0.29) is 18.3 Å². The number of phenols is 1. The van der Waals surface area contributed by atoms with Crippen molar-refractivity contribution < 1.29 is 28.9 Å². The van der Waals surface area contributed by atoms with Gasteiger partial charge in [-0.2, -0.15) is 4.39 Å². The fourth-order valence-corrected chi connectivity index (χ4v) is 1.16. The lowest BCUT2D eigenvalue weighted by Crippen LogP contribution is -1.98. The Bertz CT molecular complexity index is 415. The zero-order valence-corrected chi connectivity index (χ0v) is 6.78. The third-order valence-corrected chi connectivity index (χ3v) is 1.81. The first-order chi connectivity index (χ1) is 6.61. The molecule has 0 aliphatic carbocycles. The van der Waals surface area contributed by atoms with Gasteiger partial charge in [0, 0.05) is 6.07 Å². The summed E-state index contributed by atoms with van der Waals surface area (Å²) in [6.07, 6.45) is 0. The molecule has 0 atom stereocenters. The van der Waals surface area contributed by atoms with E-state index in [1.165, 1.54) is 0 Å². The maximum Gasteiger partial charge on any atom is 0.339 e. The van der Waals surface area contributed by atoms with Crippen LogP contribution in [0.15, 0.2) is 6.07 Å². The van der Waals surface area contributed by atoms with Crippen LogP contribution in [-0.2, 0) is 0 Å². The summed E-state index contributed by atoms with van der Waals surface area (Å²) in [6, 6.07) is 1.02. The quantitative estimate of drug-likeness (QED) is 0.706. The van der Waals surface area contributed by atoms with Gasteiger partial charge in [0.05, 0.1) is 0 Å². The summed E-state index contributed by atoms with van der Waals surface area (Å²) in [4.78, 5) is 10.6. The Morgan fingerprint density at radius 2 is 2.21 bits per heavy atom. The van der Waals surface area contributed by atoms with E-state index < -0.39 is 23.1 Å². The van der Waals surface area contributed by atoms with E-state index in [1.54, 1.807) is 0 Å². The molecule has 5 nitrogen and oxygen atoms in total. The molecule has 1 heterocycles. The van der Waals surface area contributed by atoms with E-state index >= 15 is 0 Å². The number of ether oxygens (including phenoxy) is 2. The molecule has 0 unspecified atom stereocenters. The van der Waals surface area contributed by atoms with Gasteiger partial charge in [0.2, 0.25) is 18.4 Å². The molecule has 0 fully saturated rings. The molecule has 0 saturated carbocycles. The first kappa shape index (κ1) is 8.61. The van der Waals surface area contributed by atoms with Crippen LogP contribution in [-0.4, -0.2) is 23.0 Å². The van der Waals surface area contributed by atoms with Crippen LogP contribution in [0, 0.1) is 5.82 Å². The van der Waals surface area contributed by atoms with E-state index in [2.05, 4.69) is 0 Å². The summed E-state index contributed by atoms with van der Waals surface area (Å²) < 4.78 is 22.7. The average Bonchev–Trinajstić information content (AvgIpc) is 2.58. The van der Waals surface area contributed by atoms with E-state index in [0.717, 1.165) is 6.07 Å². The number of hydrogen-bond acceptors (Lipinski definition) is 4. The van der Waals surface area contributed by atoms with Crippen molar-refractivity contribution in [2.75, 3.05) is 6.79 Å². The molecule has 2 rings (SSSR count). The molecule has 1 aliphatic heterocycles. The van der Waals surface area contributed by atoms with Crippen molar-refractivity contribution in [1.29, 1.82) is 0 Å². The number of carboxylic acids is 1. The van der Waals surface area contributed by atoms with Gasteiger partial charge in [-0.05, 0) is 0 Å². The number of fused-ring (bicyclic) bond motifs is 1. The molecule has 74 valence electrons. The molecule has 0 spiro atoms. The lowest BCUT2D eigenvalue weighted by Gasteiger charge is -2.03. The number of rotatable bonds is 1. The molecule has 0 amide bonds. The molecule has 14 heavy (non-hydrogen) atoms. The van der Waals surface area contributed by atoms with Gasteiger partial charge < -0.3 is 19.7 Å². The Morgan fingerprint density at radius 3 is 2.86 bits per heavy atom. The molecular weight excluding hydrogens is 195 g/mol. The predicted octanol–water partition coefficient (Wildman–Crippen LogP) is 0.958. The number of halogens is 1. The lowest BCUT2D eigenvalue weighted by atomic mass is 10.1. The van der Waals surface area contributed by atoms with Gasteiger partial charge >= 0.3 is 5.97 Å². The van der Waals surface area contributed by atoms with Crippen molar-refractivity contribution >= 4 is 5.97 Å². The number of aromatic hydroxyl groups is 1. The van der Waals surface area contributed by atoms with Gasteiger partial charge in [0.25, 0.3) is 0 Å². The van der Waals surface area contributed by atoms with Crippen molar-refractivity contribution in [2.45, 2.75) is 0 Å². The summed E-state index contributed by atoms with van der Waals surface area (Å²) >= 11 is 0. The highest BCUT2D eigenvalue weighted by Crippen LogP contribution is 2.41. The van der Waals surface area contributed by atoms with Crippen molar-refractivity contribution in [1.82, 2.24) is 0 Å². The van der Waals surface area contributed by atoms with Gasteiger partial charge in [-0.1, -0.05) is 0 Å². The maximum absolute atomic E-state index is 13.2. The molecule has 0 bridgehead atoms. The number of carboxylic acid groups (broad SMARTS) is 1. The molecule has 1 aromatic rings. The smallest absolute Gasteiger partial charge is 0.339 e. The minimum absolute atomic E-state index is 0.0160. The SMILES string of the molecule is O=C(O)c1cc2c(c(F)c1O)OCO2. The summed E-state index contributed by atoms with van der Waals surface area (Å²) in [5.74, 6) is -3.76. The van der Waals surface area contributed by atoms with Crippen molar-refractivity contribution in [3.8, 4) is 17.2 Å². The van der Waals surface area contributed by atoms with Gasteiger partial charge in [0.1, 0.15) is 5.56 Å². The van der Waals surface area contributed by atoms with E-state index in [9.17, 15) is 9.18 Å². The van der Waals surface area contributed by atoms with Gasteiger partial charge in [-0.15, -0.1) is 0 Å². The second-order valence-electron chi connectivity index (χ2n) is 2.63. The molecule has 1 aliphatic rings. The van der Waals surface area contributed by atoms with Crippen molar-refractivity contribution in [3.05, 3.63) is 17.4 Å². The highest BCUT2D eigenvalue weighted by atomic mass is 19.1. The Kier molecular flexibility index (Phi) is 1.70. The van der Waals surface area contributed by atoms with Crippen LogP contribution in [0.4, 0.5) is 4.39 Å². The molecular formula is C8H5FO5. The number of aromatic carboxylic acids is 1. The summed E-state index contributed by atoms with van der Waals surface area (Å²) in [7, 11) is 0. The molecule has 1 aromatic carbocycles. The van der Waals surface area contributed by atoms with Crippen LogP contribution in [0.2, 0.25) is 0 Å². The topological polar surface area (TPSA) is 76.0 Å². The van der Waals surface area contributed by atoms with E-state index in [0.29, 0.717) is 0 Å². The molecule has 2 N–H and O–H groups in total. The third-order valence-electron chi connectivity index (χ3n) is 1.81. The average molecular weight is 200 g/mol. The first-order valence-corrected chi connectivity index (χ1v) is 3.65. The minimum Gasteiger partial charge on any atom is -0.504 e. The molecule has 6 heteroatoms. The standard InChI is InChI=1S/C8H5FO5/c9-5-6(10)3(8(11)12)1-4-7(5)14-2-13-4/h1,10H,2H2,(H,11,12). The van der Waals surface area contributed by atoms with Crippen LogP contribution >= 0.6 is 0 Å². The van der Waals surface area contributed by atoms with Crippen molar-refractivity contribution in [2.24, 2.45) is 0 Å². The number of benzene rings is 1. The van der Waals surface area contributed by atoms with Crippen molar-refractivity contribution in [3.63, 3.8) is 0 Å². The molecule has 0 saturated heterocycles. The fraction of sp³-hybridized carbons (Fsp3) is 0.125. The fourth-order valence-electron chi connectivity index (χ4n) is 1.16. The Labute approximate surface area is 77.3 Å². The maximum atomic E-state index is 13.2. The van der Waals surface area contributed by atoms with Crippen LogP contribution < -0.4 is 9.47 Å². The van der Waals surface area contributed by atoms with Crippen LogP contribution in [0.25, 0.3) is 0 Å². The Balaban J connectivity index is 2.67. The number of hydrogen-bond donors (Lipinski definition) is 2. The van der Waals surface area contributed by atoms with Gasteiger partial charge in [-0.25, -0.2) is 4.79 Å². The first-order valence-electron chi connectivity index (χ1n) is 3.65. The third kappa shape index (κ3) is 1.04. The lowest BCUT2D eigenvalue weighted by molar-refractivity contribution is 0.0692. The highest BCUT2D eigenvalue weighted by Gasteiger charge is 2.26. The van der Waals surface area contributed by atoms with Gasteiger partial charge in [-0.3, -0.25) is 0 Å². The molecule has 0 radical (unpaired) electrons. The second-order valence-corrected chi connectivity index (χ2v) is 2.63. The summed E-state index contributed by atoms with van der Waals surface area (Å²) in [5.41, 5.74) is -0.549. The van der Waals surface area contributed by atoms with Gasteiger partial charge in [0.15, 0.2) is 11.5 Å². The Morgan fingerprint density at radius 1 is 1.50 bits per heavy atom. The number of carbonyl (C=O) groups is 1.